The Kier molecular flexibility index (Phi) is 12.7. The van der Waals surface area contributed by atoms with E-state index in [2.05, 4.69) is 77.4 Å². The van der Waals surface area contributed by atoms with Crippen LogP contribution in [0.2, 0.25) is 23.2 Å². The van der Waals surface area contributed by atoms with Gasteiger partial charge in [0.05, 0.1) is 28.5 Å². The van der Waals surface area contributed by atoms with E-state index in [9.17, 15) is 9.59 Å². The monoisotopic (exact) mass is 799 g/mol. The maximum atomic E-state index is 13.5. The predicted molar refractivity (Wildman–Crippen MR) is 229 cm³/mol. The van der Waals surface area contributed by atoms with E-state index in [1.807, 2.05) is 79.9 Å². The number of thioether (sulfide) groups is 1. The van der Waals surface area contributed by atoms with Gasteiger partial charge in [0.2, 0.25) is 0 Å². The first kappa shape index (κ1) is 41.7. The number of rotatable bonds is 12. The second kappa shape index (κ2) is 16.7. The lowest BCUT2D eigenvalue weighted by molar-refractivity contribution is 0.251. The van der Waals surface area contributed by atoms with Crippen molar-refractivity contribution in [3.05, 3.63) is 128 Å². The minimum atomic E-state index is -2.11. The molecular formula is C43H54ClN5O4SSi. The zero-order valence-corrected chi connectivity index (χ0v) is 36.5. The number of hydrogen-bond acceptors (Lipinski definition) is 6. The maximum Gasteiger partial charge on any atom is 0.320 e. The van der Waals surface area contributed by atoms with Crippen LogP contribution in [-0.4, -0.2) is 35.0 Å². The van der Waals surface area contributed by atoms with Gasteiger partial charge in [0.15, 0.2) is 0 Å². The van der Waals surface area contributed by atoms with Crippen molar-refractivity contribution in [1.82, 2.24) is 19.7 Å². The minimum Gasteiger partial charge on any atom is -0.543 e. The molecule has 5 aromatic rings. The summed E-state index contributed by atoms with van der Waals surface area (Å²) in [6.45, 7) is 21.9. The average molecular weight is 801 g/mol. The quantitative estimate of drug-likeness (QED) is 0.0963. The first-order valence-corrected chi connectivity index (χ1v) is 23.0. The summed E-state index contributed by atoms with van der Waals surface area (Å²) in [7, 11) is -2.11. The molecule has 2 heterocycles. The normalized spacial score (nSPS) is 12.1. The lowest BCUT2D eigenvalue weighted by Crippen LogP contribution is -2.43. The van der Waals surface area contributed by atoms with E-state index in [0.717, 1.165) is 33.0 Å². The summed E-state index contributed by atoms with van der Waals surface area (Å²) < 4.78 is 16.2. The number of amides is 2. The number of benzene rings is 3. The zero-order chi connectivity index (χ0) is 40.3. The summed E-state index contributed by atoms with van der Waals surface area (Å²) in [6.07, 6.45) is 2.04. The van der Waals surface area contributed by atoms with Gasteiger partial charge in [-0.1, -0.05) is 95.6 Å². The number of pyridine rings is 1. The Balaban J connectivity index is 1.29. The number of halogens is 1. The molecule has 0 atom stereocenters. The van der Waals surface area contributed by atoms with Crippen molar-refractivity contribution in [1.29, 1.82) is 0 Å². The van der Waals surface area contributed by atoms with Gasteiger partial charge in [-0.2, -0.15) is 5.10 Å². The van der Waals surface area contributed by atoms with E-state index in [1.54, 1.807) is 27.9 Å². The van der Waals surface area contributed by atoms with E-state index < -0.39 is 8.32 Å². The van der Waals surface area contributed by atoms with Gasteiger partial charge in [-0.05, 0) is 85.3 Å². The van der Waals surface area contributed by atoms with Crippen LogP contribution in [0.4, 0.5) is 10.6 Å². The number of carbonyl (C=O) groups is 1. The highest BCUT2D eigenvalue weighted by molar-refractivity contribution is 7.98. The molecule has 0 radical (unpaired) electrons. The lowest BCUT2D eigenvalue weighted by Gasteiger charge is -2.36. The second-order valence-corrected chi connectivity index (χ2v) is 22.4. The first-order valence-electron chi connectivity index (χ1n) is 18.5. The molecule has 3 aromatic carbocycles. The highest BCUT2D eigenvalue weighted by atomic mass is 35.5. The van der Waals surface area contributed by atoms with E-state index in [0.29, 0.717) is 40.1 Å². The van der Waals surface area contributed by atoms with Gasteiger partial charge < -0.3 is 19.0 Å². The second-order valence-electron chi connectivity index (χ2n) is 16.4. The van der Waals surface area contributed by atoms with Crippen LogP contribution in [0.3, 0.4) is 0 Å². The van der Waals surface area contributed by atoms with Gasteiger partial charge in [-0.15, -0.1) is 11.8 Å². The molecule has 0 saturated heterocycles. The Morgan fingerprint density at radius 3 is 2.18 bits per heavy atom. The largest absolute Gasteiger partial charge is 0.543 e. The first-order chi connectivity index (χ1) is 25.8. The van der Waals surface area contributed by atoms with Crippen LogP contribution in [0, 0.1) is 13.8 Å². The number of anilines is 1. The number of nitrogens with zero attached hydrogens (tertiary/aromatic N) is 3. The summed E-state index contributed by atoms with van der Waals surface area (Å²) in [5.74, 6) is 1.68. The molecule has 0 aliphatic rings. The molecule has 2 N–H and O–H groups in total. The zero-order valence-electron chi connectivity index (χ0n) is 33.9. The van der Waals surface area contributed by atoms with Crippen LogP contribution >= 0.6 is 23.4 Å². The van der Waals surface area contributed by atoms with Crippen molar-refractivity contribution in [2.45, 2.75) is 104 Å². The molecule has 12 heteroatoms. The van der Waals surface area contributed by atoms with Crippen LogP contribution in [0.5, 0.6) is 11.5 Å². The van der Waals surface area contributed by atoms with Gasteiger partial charge in [0.25, 0.3) is 13.9 Å². The smallest absolute Gasteiger partial charge is 0.320 e. The van der Waals surface area contributed by atoms with Gasteiger partial charge >= 0.3 is 6.03 Å². The number of urea groups is 1. The van der Waals surface area contributed by atoms with E-state index in [4.69, 9.17) is 25.9 Å². The Labute approximate surface area is 335 Å². The standard InChI is InChI=1S/C43H54ClN5O4SSi/c1-28-22-36(29(2)40(50)48(28)26-31-17-14-15-19-37(31)54-9)52-27-32-18-13-12-16-30(32)25-45-41(51)46-39-24-38(42(3,4)5)47-49(39)33-20-21-35(34(44)23-33)53-55(10,11)43(6,7)8/h12-24H,25-27H2,1-11H3,(H2,45,46,51). The molecular weight excluding hydrogens is 746 g/mol. The highest BCUT2D eigenvalue weighted by Crippen LogP contribution is 2.40. The molecule has 2 amide bonds. The fraction of sp³-hybridized carbons (Fsp3) is 0.372. The van der Waals surface area contributed by atoms with Crippen LogP contribution in [0.25, 0.3) is 5.69 Å². The number of ether oxygens (including phenoxy) is 1. The third-order valence-electron chi connectivity index (χ3n) is 10.2. The molecule has 0 bridgehead atoms. The van der Waals surface area contributed by atoms with Crippen molar-refractivity contribution in [3.8, 4) is 17.2 Å². The highest BCUT2D eigenvalue weighted by Gasteiger charge is 2.39. The predicted octanol–water partition coefficient (Wildman–Crippen LogP) is 10.7. The Morgan fingerprint density at radius 1 is 0.891 bits per heavy atom. The molecule has 292 valence electrons. The summed E-state index contributed by atoms with van der Waals surface area (Å²) in [5, 5.41) is 11.4. The minimum absolute atomic E-state index is 0.0172. The maximum absolute atomic E-state index is 13.5. The number of carbonyl (C=O) groups excluding carboxylic acids is 1. The Hall–Kier alpha value is -4.45. The molecule has 0 fully saturated rings. The van der Waals surface area contributed by atoms with Crippen LogP contribution in [-0.2, 0) is 25.1 Å². The summed E-state index contributed by atoms with van der Waals surface area (Å²) in [4.78, 5) is 28.1. The topological polar surface area (TPSA) is 99.4 Å². The third kappa shape index (κ3) is 9.87. The van der Waals surface area contributed by atoms with Crippen LogP contribution < -0.4 is 25.4 Å². The fourth-order valence-electron chi connectivity index (χ4n) is 5.72. The SMILES string of the molecule is CSc1ccccc1Cn1c(C)cc(OCc2ccccc2CNC(=O)Nc2cc(C(C)(C)C)nn2-c2ccc(O[Si](C)(C)C(C)(C)C)c(Cl)c2)c(C)c1=O. The molecule has 5 rings (SSSR count). The van der Waals surface area contributed by atoms with Gasteiger partial charge in [0.1, 0.15) is 23.9 Å². The molecule has 9 nitrogen and oxygen atoms in total. The number of aryl methyl sites for hydroxylation is 1. The average Bonchev–Trinajstić information content (AvgIpc) is 3.55. The lowest BCUT2D eigenvalue weighted by atomic mass is 9.92. The Bertz CT molecular complexity index is 2240. The summed E-state index contributed by atoms with van der Waals surface area (Å²) in [5.41, 5.74) is 5.42. The van der Waals surface area contributed by atoms with E-state index in [-0.39, 0.29) is 35.2 Å². The summed E-state index contributed by atoms with van der Waals surface area (Å²) >= 11 is 8.46. The van der Waals surface area contributed by atoms with Crippen molar-refractivity contribution in [3.63, 3.8) is 0 Å². The Morgan fingerprint density at radius 2 is 1.55 bits per heavy atom. The van der Waals surface area contributed by atoms with Crippen molar-refractivity contribution < 1.29 is 14.0 Å². The molecule has 0 unspecified atom stereocenters. The molecule has 55 heavy (non-hydrogen) atoms. The fourth-order valence-corrected chi connectivity index (χ4v) is 7.64. The van der Waals surface area contributed by atoms with Crippen LogP contribution in [0.1, 0.15) is 75.2 Å². The molecule has 0 aliphatic carbocycles. The van der Waals surface area contributed by atoms with Crippen molar-refractivity contribution in [2.24, 2.45) is 0 Å². The van der Waals surface area contributed by atoms with E-state index in [1.165, 1.54) is 0 Å². The number of hydrogen-bond donors (Lipinski definition) is 2. The number of nitrogens with one attached hydrogen (secondary N) is 2. The van der Waals surface area contributed by atoms with Gasteiger partial charge in [-0.25, -0.2) is 9.48 Å². The third-order valence-corrected chi connectivity index (χ3v) is 15.7. The number of aromatic nitrogens is 3. The van der Waals surface area contributed by atoms with Crippen molar-refractivity contribution in [2.75, 3.05) is 11.6 Å². The summed E-state index contributed by atoms with van der Waals surface area (Å²) in [6, 6.07) is 24.9. The van der Waals surface area contributed by atoms with Gasteiger partial charge in [0, 0.05) is 28.6 Å². The van der Waals surface area contributed by atoms with E-state index >= 15 is 0 Å². The molecule has 2 aromatic heterocycles. The molecule has 0 spiro atoms. The molecule has 0 saturated carbocycles. The molecule has 0 aliphatic heterocycles. The van der Waals surface area contributed by atoms with Crippen molar-refractivity contribution >= 4 is 43.5 Å². The van der Waals surface area contributed by atoms with Gasteiger partial charge in [-0.3, -0.25) is 10.1 Å². The van der Waals surface area contributed by atoms with Crippen LogP contribution in [0.15, 0.2) is 88.6 Å².